The summed E-state index contributed by atoms with van der Waals surface area (Å²) in [4.78, 5) is 17.5. The maximum absolute atomic E-state index is 14.0. The van der Waals surface area contributed by atoms with Crippen molar-refractivity contribution in [1.29, 1.82) is 0 Å². The summed E-state index contributed by atoms with van der Waals surface area (Å²) in [5, 5.41) is 4.29. The van der Waals surface area contributed by atoms with Crippen molar-refractivity contribution in [3.05, 3.63) is 63.9 Å². The number of nitrogens with one attached hydrogen (secondary N) is 1. The first kappa shape index (κ1) is 28.4. The van der Waals surface area contributed by atoms with Gasteiger partial charge in [0.1, 0.15) is 5.75 Å². The van der Waals surface area contributed by atoms with Crippen LogP contribution in [0.4, 0.5) is 0 Å². The third-order valence-electron chi connectivity index (χ3n) is 8.21. The zero-order valence-corrected chi connectivity index (χ0v) is 25.0. The Morgan fingerprint density at radius 3 is 2.00 bits per heavy atom. The number of benzene rings is 3. The molecule has 1 heterocycles. The van der Waals surface area contributed by atoms with Crippen molar-refractivity contribution in [3.8, 4) is 5.75 Å². The van der Waals surface area contributed by atoms with Gasteiger partial charge in [0.2, 0.25) is 0 Å². The molecule has 0 aliphatic carbocycles. The minimum atomic E-state index is -1.94. The molecular weight excluding hydrogens is 486 g/mol. The van der Waals surface area contributed by atoms with Crippen molar-refractivity contribution in [2.75, 3.05) is 7.11 Å². The summed E-state index contributed by atoms with van der Waals surface area (Å²) in [5.74, 6) is 0.772. The molecule has 0 fully saturated rings. The molecule has 4 rings (SSSR count). The van der Waals surface area contributed by atoms with Crippen molar-refractivity contribution < 1.29 is 9.16 Å². The molecule has 0 atom stereocenters. The number of hydrogen-bond donors (Lipinski definition) is 1. The molecule has 0 bridgehead atoms. The molecule has 5 heteroatoms. The number of aromatic amines is 1. The normalized spacial score (nSPS) is 12.1. The van der Waals surface area contributed by atoms with E-state index in [9.17, 15) is 4.79 Å². The third kappa shape index (κ3) is 5.55. The summed E-state index contributed by atoms with van der Waals surface area (Å²) >= 11 is 0. The molecule has 0 saturated heterocycles. The predicted molar refractivity (Wildman–Crippen MR) is 165 cm³/mol. The molecule has 3 aromatic carbocycles. The number of ether oxygens (including phenoxy) is 1. The van der Waals surface area contributed by atoms with Crippen molar-refractivity contribution in [2.45, 2.75) is 97.4 Å². The van der Waals surface area contributed by atoms with E-state index in [4.69, 9.17) is 9.16 Å². The first-order chi connectivity index (χ1) is 18.5. The van der Waals surface area contributed by atoms with Gasteiger partial charge >= 0.3 is 0 Å². The lowest BCUT2D eigenvalue weighted by Crippen LogP contribution is -2.38. The Bertz CT molecular complexity index is 1420. The smallest absolute Gasteiger partial charge is 0.196 e. The van der Waals surface area contributed by atoms with Crippen molar-refractivity contribution in [2.24, 2.45) is 0 Å². The van der Waals surface area contributed by atoms with Gasteiger partial charge in [0.05, 0.1) is 24.6 Å². The second kappa shape index (κ2) is 12.9. The molecule has 4 nitrogen and oxygen atoms in total. The van der Waals surface area contributed by atoms with Crippen LogP contribution >= 0.6 is 0 Å². The van der Waals surface area contributed by atoms with E-state index in [1.165, 1.54) is 62.2 Å². The molecular formula is C33H45NO3Si. The van der Waals surface area contributed by atoms with Gasteiger partial charge in [-0.25, -0.2) is 0 Å². The van der Waals surface area contributed by atoms with Crippen molar-refractivity contribution in [1.82, 2.24) is 4.98 Å². The molecule has 4 aromatic rings. The molecule has 38 heavy (non-hydrogen) atoms. The van der Waals surface area contributed by atoms with E-state index < -0.39 is 8.32 Å². The van der Waals surface area contributed by atoms with Crippen molar-refractivity contribution in [3.63, 3.8) is 0 Å². The minimum absolute atomic E-state index is 0.0548. The highest BCUT2D eigenvalue weighted by Crippen LogP contribution is 2.39. The van der Waals surface area contributed by atoms with Crippen LogP contribution in [0.3, 0.4) is 0 Å². The molecule has 0 aliphatic rings. The van der Waals surface area contributed by atoms with E-state index in [2.05, 4.69) is 44.8 Å². The molecule has 0 aliphatic heterocycles. The van der Waals surface area contributed by atoms with Gasteiger partial charge in [-0.1, -0.05) is 90.5 Å². The highest BCUT2D eigenvalue weighted by atomic mass is 28.4. The van der Waals surface area contributed by atoms with Crippen LogP contribution in [0.25, 0.3) is 32.4 Å². The zero-order valence-electron chi connectivity index (χ0n) is 24.0. The zero-order chi connectivity index (χ0) is 27.1. The van der Waals surface area contributed by atoms with Crippen molar-refractivity contribution >= 4 is 40.8 Å². The summed E-state index contributed by atoms with van der Waals surface area (Å²) in [6, 6.07) is 15.9. The Balaban J connectivity index is 1.97. The van der Waals surface area contributed by atoms with Gasteiger partial charge in [-0.2, -0.15) is 0 Å². The first-order valence-corrected chi connectivity index (χ1v) is 17.3. The molecule has 0 radical (unpaired) electrons. The number of H-pyrrole nitrogens is 1. The minimum Gasteiger partial charge on any atom is -0.495 e. The summed E-state index contributed by atoms with van der Waals surface area (Å²) in [5.41, 5.74) is 3.26. The summed E-state index contributed by atoms with van der Waals surface area (Å²) < 4.78 is 13.2. The lowest BCUT2D eigenvalue weighted by molar-refractivity contribution is 0.282. The number of hydrogen-bond acceptors (Lipinski definition) is 3. The average Bonchev–Trinajstić information content (AvgIpc) is 2.96. The predicted octanol–water partition coefficient (Wildman–Crippen LogP) is 9.27. The maximum Gasteiger partial charge on any atom is 0.196 e. The molecule has 1 N–H and O–H groups in total. The van der Waals surface area contributed by atoms with E-state index in [1.54, 1.807) is 7.11 Å². The maximum atomic E-state index is 14.0. The van der Waals surface area contributed by atoms with Crippen LogP contribution in [0.15, 0.2) is 47.4 Å². The largest absolute Gasteiger partial charge is 0.495 e. The lowest BCUT2D eigenvalue weighted by atomic mass is 9.93. The van der Waals surface area contributed by atoms with E-state index in [0.717, 1.165) is 44.8 Å². The van der Waals surface area contributed by atoms with Crippen LogP contribution in [-0.2, 0) is 17.5 Å². The van der Waals surface area contributed by atoms with Gasteiger partial charge in [0, 0.05) is 27.7 Å². The number of aryl methyl sites for hydroxylation is 1. The SMILES string of the molecule is CCCC[Si](CCCC)(CCCC)OCc1cc2c(CC)cc[nH]c2c2c(=O)c3ccccc3c(OC)c12. The summed E-state index contributed by atoms with van der Waals surface area (Å²) in [6.45, 7) is 9.55. The highest BCUT2D eigenvalue weighted by molar-refractivity contribution is 6.73. The fourth-order valence-electron chi connectivity index (χ4n) is 6.05. The average molecular weight is 532 g/mol. The Hall–Kier alpha value is -2.63. The Labute approximate surface area is 228 Å². The molecule has 0 saturated carbocycles. The second-order valence-electron chi connectivity index (χ2n) is 10.8. The van der Waals surface area contributed by atoms with Crippen LogP contribution in [0.5, 0.6) is 5.75 Å². The summed E-state index contributed by atoms with van der Waals surface area (Å²) in [7, 11) is -0.222. The number of aromatic nitrogens is 1. The van der Waals surface area contributed by atoms with Gasteiger partial charge in [0.25, 0.3) is 0 Å². The molecule has 0 amide bonds. The lowest BCUT2D eigenvalue weighted by Gasteiger charge is -2.32. The number of fused-ring (bicyclic) bond motifs is 4. The van der Waals surface area contributed by atoms with Gasteiger partial charge in [-0.15, -0.1) is 0 Å². The second-order valence-corrected chi connectivity index (χ2v) is 14.9. The quantitative estimate of drug-likeness (QED) is 0.100. The van der Waals surface area contributed by atoms with Gasteiger partial charge in [-0.3, -0.25) is 4.79 Å². The molecule has 0 spiro atoms. The highest BCUT2D eigenvalue weighted by Gasteiger charge is 2.33. The van der Waals surface area contributed by atoms with E-state index >= 15 is 0 Å². The van der Waals surface area contributed by atoms with Gasteiger partial charge in [-0.05, 0) is 47.8 Å². The van der Waals surface area contributed by atoms with Crippen LogP contribution in [-0.4, -0.2) is 20.4 Å². The van der Waals surface area contributed by atoms with Crippen LogP contribution in [0, 0.1) is 0 Å². The fourth-order valence-corrected chi connectivity index (χ4v) is 10.7. The standard InChI is InChI=1S/C33H45NO3Si/c1-6-10-19-38(20-11-7-2,21-12-8-3)37-23-25-22-28-24(9-4)17-18-34-31(28)30-29(25)33(36-5)27-16-14-13-15-26(27)32(30)35/h13-18,22,34H,6-12,19-21,23H2,1-5H3. The Morgan fingerprint density at radius 2 is 1.42 bits per heavy atom. The third-order valence-corrected chi connectivity index (χ3v) is 12.8. The molecule has 204 valence electrons. The first-order valence-electron chi connectivity index (χ1n) is 14.7. The fraction of sp³-hybridized carbons (Fsp3) is 0.485. The number of unbranched alkanes of at least 4 members (excludes halogenated alkanes) is 3. The van der Waals surface area contributed by atoms with E-state index in [1.807, 2.05) is 30.5 Å². The number of methoxy groups -OCH3 is 1. The van der Waals surface area contributed by atoms with Gasteiger partial charge in [0.15, 0.2) is 13.7 Å². The molecule has 1 aromatic heterocycles. The van der Waals surface area contributed by atoms with Crippen LogP contribution in [0.2, 0.25) is 18.1 Å². The van der Waals surface area contributed by atoms with Gasteiger partial charge < -0.3 is 14.1 Å². The number of rotatable bonds is 14. The monoisotopic (exact) mass is 531 g/mol. The molecule has 0 unspecified atom stereocenters. The topological polar surface area (TPSA) is 51.3 Å². The Kier molecular flexibility index (Phi) is 9.67. The van der Waals surface area contributed by atoms with Crippen LogP contribution < -0.4 is 10.2 Å². The summed E-state index contributed by atoms with van der Waals surface area (Å²) in [6.07, 6.45) is 10.1. The number of pyridine rings is 1. The van der Waals surface area contributed by atoms with E-state index in [0.29, 0.717) is 12.0 Å². The van der Waals surface area contributed by atoms with E-state index in [-0.39, 0.29) is 5.43 Å². The van der Waals surface area contributed by atoms with Crippen LogP contribution in [0.1, 0.15) is 77.3 Å². The Morgan fingerprint density at radius 1 is 0.789 bits per heavy atom.